The Labute approximate surface area is 147 Å². The number of amides is 1. The maximum absolute atomic E-state index is 13.2. The lowest BCUT2D eigenvalue weighted by atomic mass is 9.85. The zero-order valence-corrected chi connectivity index (χ0v) is 14.3. The molecule has 3 atom stereocenters. The maximum Gasteiger partial charge on any atom is 0.254 e. The highest BCUT2D eigenvalue weighted by atomic mass is 19.1. The molecule has 0 aliphatic carbocycles. The van der Waals surface area contributed by atoms with E-state index in [9.17, 15) is 9.18 Å². The number of halogens is 1. The maximum atomic E-state index is 13.2. The number of carbonyl (C=O) groups is 1. The highest BCUT2D eigenvalue weighted by Gasteiger charge is 2.43. The average Bonchev–Trinajstić information content (AvgIpc) is 2.91. The van der Waals surface area contributed by atoms with E-state index in [0.717, 1.165) is 25.7 Å². The second-order valence-electron chi connectivity index (χ2n) is 7.05. The van der Waals surface area contributed by atoms with Crippen LogP contribution in [-0.2, 0) is 0 Å². The lowest BCUT2D eigenvalue weighted by Gasteiger charge is -2.39. The second-order valence-corrected chi connectivity index (χ2v) is 7.05. The molecular formula is C21H22FNO2. The Morgan fingerprint density at radius 2 is 1.76 bits per heavy atom. The van der Waals surface area contributed by atoms with Crippen molar-refractivity contribution in [3.05, 3.63) is 65.5 Å². The molecule has 0 aromatic heterocycles. The fraction of sp³-hybridized carbons (Fsp3) is 0.381. The lowest BCUT2D eigenvalue weighted by molar-refractivity contribution is 0.0571. The van der Waals surface area contributed by atoms with Gasteiger partial charge in [-0.3, -0.25) is 4.79 Å². The van der Waals surface area contributed by atoms with Gasteiger partial charge in [0.2, 0.25) is 0 Å². The molecule has 1 unspecified atom stereocenters. The largest absolute Gasteiger partial charge is 0.497 e. The number of hydrogen-bond donors (Lipinski definition) is 0. The van der Waals surface area contributed by atoms with Gasteiger partial charge in [0.1, 0.15) is 11.6 Å². The van der Waals surface area contributed by atoms with Gasteiger partial charge in [-0.15, -0.1) is 0 Å². The summed E-state index contributed by atoms with van der Waals surface area (Å²) in [5.74, 6) is 1.02. The predicted molar refractivity (Wildman–Crippen MR) is 94.3 cm³/mol. The molecule has 2 aromatic rings. The molecule has 2 aliphatic heterocycles. The van der Waals surface area contributed by atoms with Crippen LogP contribution >= 0.6 is 0 Å². The number of nitrogens with zero attached hydrogens (tertiary/aromatic N) is 1. The highest BCUT2D eigenvalue weighted by Crippen LogP contribution is 2.43. The number of methoxy groups -OCH3 is 1. The van der Waals surface area contributed by atoms with Gasteiger partial charge in [0.15, 0.2) is 0 Å². The Morgan fingerprint density at radius 3 is 2.40 bits per heavy atom. The molecule has 2 bridgehead atoms. The summed E-state index contributed by atoms with van der Waals surface area (Å²) in [6.07, 6.45) is 4.02. The number of piperidine rings is 1. The molecule has 4 heteroatoms. The van der Waals surface area contributed by atoms with Gasteiger partial charge >= 0.3 is 0 Å². The molecule has 25 heavy (non-hydrogen) atoms. The second kappa shape index (κ2) is 6.51. The molecule has 4 rings (SSSR count). The van der Waals surface area contributed by atoms with Crippen LogP contribution in [-0.4, -0.2) is 30.0 Å². The Hall–Kier alpha value is -2.36. The number of ether oxygens (including phenoxy) is 1. The minimum Gasteiger partial charge on any atom is -0.497 e. The van der Waals surface area contributed by atoms with E-state index in [0.29, 0.717) is 17.2 Å². The molecule has 2 aliphatic rings. The molecule has 2 saturated heterocycles. The third kappa shape index (κ3) is 3.01. The molecule has 2 heterocycles. The number of benzene rings is 2. The third-order valence-corrected chi connectivity index (χ3v) is 5.63. The van der Waals surface area contributed by atoms with Crippen molar-refractivity contribution in [3.63, 3.8) is 0 Å². The third-order valence-electron chi connectivity index (χ3n) is 5.63. The zero-order valence-electron chi connectivity index (χ0n) is 14.3. The van der Waals surface area contributed by atoms with Crippen LogP contribution in [0.25, 0.3) is 0 Å². The molecule has 2 fully saturated rings. The lowest BCUT2D eigenvalue weighted by Crippen LogP contribution is -2.46. The summed E-state index contributed by atoms with van der Waals surface area (Å²) in [5.41, 5.74) is 1.88. The summed E-state index contributed by atoms with van der Waals surface area (Å²) in [4.78, 5) is 15.1. The molecule has 0 radical (unpaired) electrons. The summed E-state index contributed by atoms with van der Waals surface area (Å²) in [6.45, 7) is 0. The van der Waals surface area contributed by atoms with Crippen molar-refractivity contribution in [1.29, 1.82) is 0 Å². The number of fused-ring (bicyclic) bond motifs is 2. The summed E-state index contributed by atoms with van der Waals surface area (Å²) in [7, 11) is 1.61. The molecular weight excluding hydrogens is 317 g/mol. The van der Waals surface area contributed by atoms with Crippen LogP contribution in [0, 0.1) is 5.82 Å². The number of rotatable bonds is 3. The van der Waals surface area contributed by atoms with Gasteiger partial charge in [-0.25, -0.2) is 4.39 Å². The van der Waals surface area contributed by atoms with Crippen LogP contribution in [0.15, 0.2) is 48.5 Å². The monoisotopic (exact) mass is 339 g/mol. The van der Waals surface area contributed by atoms with Crippen molar-refractivity contribution < 1.29 is 13.9 Å². The first-order valence-electron chi connectivity index (χ1n) is 8.88. The van der Waals surface area contributed by atoms with E-state index < -0.39 is 0 Å². The van der Waals surface area contributed by atoms with Crippen LogP contribution in [0.4, 0.5) is 4.39 Å². The predicted octanol–water partition coefficient (Wildman–Crippen LogP) is 4.39. The van der Waals surface area contributed by atoms with Gasteiger partial charge in [0.25, 0.3) is 5.91 Å². The Morgan fingerprint density at radius 1 is 1.08 bits per heavy atom. The quantitative estimate of drug-likeness (QED) is 0.830. The van der Waals surface area contributed by atoms with Gasteiger partial charge in [0, 0.05) is 17.6 Å². The Kier molecular flexibility index (Phi) is 4.20. The van der Waals surface area contributed by atoms with Gasteiger partial charge < -0.3 is 9.64 Å². The summed E-state index contributed by atoms with van der Waals surface area (Å²) in [5, 5.41) is 0. The minimum atomic E-state index is -0.197. The summed E-state index contributed by atoms with van der Waals surface area (Å²) in [6, 6.07) is 14.8. The number of carbonyl (C=O) groups excluding carboxylic acids is 1. The fourth-order valence-corrected chi connectivity index (χ4v) is 4.42. The molecule has 1 amide bonds. The average molecular weight is 339 g/mol. The van der Waals surface area contributed by atoms with E-state index in [-0.39, 0.29) is 23.8 Å². The van der Waals surface area contributed by atoms with Crippen molar-refractivity contribution in [3.8, 4) is 5.75 Å². The van der Waals surface area contributed by atoms with Gasteiger partial charge in [-0.05, 0) is 67.5 Å². The highest BCUT2D eigenvalue weighted by molar-refractivity contribution is 5.95. The Balaban J connectivity index is 1.54. The van der Waals surface area contributed by atoms with Crippen LogP contribution in [0.1, 0.15) is 47.5 Å². The van der Waals surface area contributed by atoms with E-state index in [1.54, 1.807) is 7.11 Å². The summed E-state index contributed by atoms with van der Waals surface area (Å²) >= 11 is 0. The van der Waals surface area contributed by atoms with Gasteiger partial charge in [-0.1, -0.05) is 18.2 Å². The van der Waals surface area contributed by atoms with Crippen molar-refractivity contribution in [2.75, 3.05) is 7.11 Å². The normalized spacial score (nSPS) is 25.0. The smallest absolute Gasteiger partial charge is 0.254 e. The molecule has 0 saturated carbocycles. The van der Waals surface area contributed by atoms with E-state index in [1.165, 1.54) is 17.7 Å². The molecule has 130 valence electrons. The van der Waals surface area contributed by atoms with Crippen LogP contribution in [0.2, 0.25) is 0 Å². The van der Waals surface area contributed by atoms with Gasteiger partial charge in [-0.2, -0.15) is 0 Å². The van der Waals surface area contributed by atoms with Gasteiger partial charge in [0.05, 0.1) is 7.11 Å². The van der Waals surface area contributed by atoms with Crippen molar-refractivity contribution in [1.82, 2.24) is 4.90 Å². The van der Waals surface area contributed by atoms with Crippen molar-refractivity contribution in [2.24, 2.45) is 0 Å². The van der Waals surface area contributed by atoms with Crippen LogP contribution in [0.3, 0.4) is 0 Å². The van der Waals surface area contributed by atoms with E-state index in [4.69, 9.17) is 4.74 Å². The molecule has 2 aromatic carbocycles. The first-order valence-corrected chi connectivity index (χ1v) is 8.88. The first-order chi connectivity index (χ1) is 12.2. The Bertz CT molecular complexity index is 760. The topological polar surface area (TPSA) is 29.5 Å². The van der Waals surface area contributed by atoms with Crippen molar-refractivity contribution in [2.45, 2.75) is 43.7 Å². The van der Waals surface area contributed by atoms with E-state index in [1.807, 2.05) is 36.4 Å². The van der Waals surface area contributed by atoms with Crippen LogP contribution in [0.5, 0.6) is 5.75 Å². The first kappa shape index (κ1) is 16.1. The molecule has 0 spiro atoms. The molecule has 0 N–H and O–H groups in total. The minimum absolute atomic E-state index is 0.101. The van der Waals surface area contributed by atoms with Crippen molar-refractivity contribution >= 4 is 5.91 Å². The summed E-state index contributed by atoms with van der Waals surface area (Å²) < 4.78 is 18.4. The standard InChI is InChI=1S/C21H22FNO2/c1-25-20-4-2-3-15(13-20)21(24)23-18-9-10-19(23)12-16(11-18)14-5-7-17(22)8-6-14/h2-8,13,16,18-19H,9-12H2,1H3/t16?,18-,19+. The number of hydrogen-bond acceptors (Lipinski definition) is 2. The zero-order chi connectivity index (χ0) is 17.4. The fourth-order valence-electron chi connectivity index (χ4n) is 4.42. The molecule has 3 nitrogen and oxygen atoms in total. The SMILES string of the molecule is COc1cccc(C(=O)N2[C@@H]3CC[C@H]2CC(c2ccc(F)cc2)C3)c1. The van der Waals surface area contributed by atoms with Crippen LogP contribution < -0.4 is 4.74 Å². The van der Waals surface area contributed by atoms with E-state index in [2.05, 4.69) is 4.90 Å². The van der Waals surface area contributed by atoms with E-state index >= 15 is 0 Å².